The van der Waals surface area contributed by atoms with E-state index >= 15 is 0 Å². The molecule has 8 heteroatoms. The van der Waals surface area contributed by atoms with Gasteiger partial charge in [0, 0.05) is 0 Å². The van der Waals surface area contributed by atoms with E-state index in [2.05, 4.69) is 0 Å². The lowest BCUT2D eigenvalue weighted by atomic mass is 10.4. The molecule has 0 bridgehead atoms. The van der Waals surface area contributed by atoms with E-state index in [-0.39, 0.29) is 16.8 Å². The Morgan fingerprint density at radius 2 is 1.71 bits per heavy atom. The Hall–Kier alpha value is -0.0100. The van der Waals surface area contributed by atoms with Gasteiger partial charge in [0.1, 0.15) is 4.90 Å². The fraction of sp³-hybridized carbons (Fsp3) is 0.333. The van der Waals surface area contributed by atoms with E-state index < -0.39 is 17.2 Å². The normalized spacial score (nSPS) is 13.7. The van der Waals surface area contributed by atoms with E-state index in [0.29, 0.717) is 0 Å². The van der Waals surface area contributed by atoms with Crippen LogP contribution in [0.1, 0.15) is 0 Å². The lowest BCUT2D eigenvalue weighted by molar-refractivity contribution is -0.607. The Bertz CT molecular complexity index is 485. The van der Waals surface area contributed by atoms with E-state index in [1.54, 1.807) is 18.2 Å². The molecule has 0 amide bonds. The molecule has 0 aliphatic rings. The van der Waals surface area contributed by atoms with Crippen molar-refractivity contribution in [3.05, 3.63) is 30.3 Å². The molecule has 3 nitrogen and oxygen atoms in total. The van der Waals surface area contributed by atoms with Crippen molar-refractivity contribution in [2.24, 2.45) is 0 Å². The molecule has 1 aromatic carbocycles. The SMILES string of the molecule is C[N+](C)(SC(F)(Cl)Cl)S(=O)(=O)c1ccccc1. The van der Waals surface area contributed by atoms with Gasteiger partial charge in [-0.15, -0.1) is 0 Å². The van der Waals surface area contributed by atoms with Crippen LogP contribution in [-0.4, -0.2) is 29.7 Å². The molecule has 17 heavy (non-hydrogen) atoms. The summed E-state index contributed by atoms with van der Waals surface area (Å²) in [6, 6.07) is 7.72. The van der Waals surface area contributed by atoms with Gasteiger partial charge in [0.2, 0.25) is 0 Å². The summed E-state index contributed by atoms with van der Waals surface area (Å²) in [7, 11) is -1.18. The lowest BCUT2D eigenvalue weighted by Gasteiger charge is -2.27. The molecule has 0 saturated carbocycles. The van der Waals surface area contributed by atoms with Crippen molar-refractivity contribution in [2.45, 2.75) is 8.81 Å². The van der Waals surface area contributed by atoms with Crippen molar-refractivity contribution in [1.29, 1.82) is 0 Å². The molecule has 0 atom stereocenters. The molecule has 0 aliphatic carbocycles. The minimum absolute atomic E-state index is 0.0788. The molecule has 0 N–H and O–H groups in total. The molecule has 1 rings (SSSR count). The van der Waals surface area contributed by atoms with Crippen LogP contribution < -0.4 is 0 Å². The smallest absolute Gasteiger partial charge is 0.189 e. The number of rotatable bonds is 4. The van der Waals surface area contributed by atoms with E-state index in [1.807, 2.05) is 0 Å². The number of nitrogens with zero attached hydrogens (tertiary/aromatic N) is 1. The zero-order chi connectivity index (χ0) is 13.3. The number of alkyl halides is 3. The largest absolute Gasteiger partial charge is 0.357 e. The van der Waals surface area contributed by atoms with Crippen LogP contribution in [0.5, 0.6) is 0 Å². The second-order valence-corrected chi connectivity index (χ2v) is 9.48. The van der Waals surface area contributed by atoms with Crippen LogP contribution in [0.3, 0.4) is 0 Å². The number of quaternary nitrogens is 1. The number of hydrogen-bond acceptors (Lipinski definition) is 3. The summed E-state index contributed by atoms with van der Waals surface area (Å²) in [4.78, 5) is 0.0788. The van der Waals surface area contributed by atoms with Crippen molar-refractivity contribution in [3.63, 3.8) is 0 Å². The number of sulfonamides is 1. The second kappa shape index (κ2) is 4.93. The third-order valence-electron chi connectivity index (χ3n) is 1.94. The maximum absolute atomic E-state index is 13.1. The van der Waals surface area contributed by atoms with Crippen LogP contribution in [0.25, 0.3) is 0 Å². The van der Waals surface area contributed by atoms with Gasteiger partial charge in [-0.1, -0.05) is 18.2 Å². The Labute approximate surface area is 114 Å². The highest BCUT2D eigenvalue weighted by Gasteiger charge is 2.45. The standard InChI is InChI=1S/C9H11Cl2FNO2S2/c1-13(2,16-9(10,11)12)17(14,15)8-6-4-3-5-7-8/h3-7H,1-2H3/q+1. The third kappa shape index (κ3) is 3.72. The fourth-order valence-electron chi connectivity index (χ4n) is 1.14. The van der Waals surface area contributed by atoms with Gasteiger partial charge in [-0.3, -0.25) is 0 Å². The maximum Gasteiger partial charge on any atom is 0.357 e. The monoisotopic (exact) mass is 318 g/mol. The van der Waals surface area contributed by atoms with Gasteiger partial charge < -0.3 is 0 Å². The summed E-state index contributed by atoms with van der Waals surface area (Å²) in [6.45, 7) is 0. The van der Waals surface area contributed by atoms with Crippen LogP contribution in [0.15, 0.2) is 35.2 Å². The molecule has 0 fully saturated rings. The average molecular weight is 319 g/mol. The van der Waals surface area contributed by atoms with Crippen molar-refractivity contribution in [3.8, 4) is 0 Å². The van der Waals surface area contributed by atoms with Crippen LogP contribution in [0, 0.1) is 0 Å². The summed E-state index contributed by atoms with van der Waals surface area (Å²) in [6.07, 6.45) is 0. The van der Waals surface area contributed by atoms with Crippen LogP contribution in [0.2, 0.25) is 0 Å². The Kier molecular flexibility index (Phi) is 4.37. The molecule has 0 saturated heterocycles. The number of benzene rings is 1. The summed E-state index contributed by atoms with van der Waals surface area (Å²) in [5.41, 5.74) is 0. The number of halogens is 3. The fourth-order valence-corrected chi connectivity index (χ4v) is 4.89. The van der Waals surface area contributed by atoms with Crippen molar-refractivity contribution in [2.75, 3.05) is 14.1 Å². The zero-order valence-electron chi connectivity index (χ0n) is 9.10. The van der Waals surface area contributed by atoms with Crippen LogP contribution in [0.4, 0.5) is 4.39 Å². The predicted molar refractivity (Wildman–Crippen MR) is 68.9 cm³/mol. The topological polar surface area (TPSA) is 34.1 Å². The minimum Gasteiger partial charge on any atom is -0.189 e. The van der Waals surface area contributed by atoms with Gasteiger partial charge >= 0.3 is 13.9 Å². The maximum atomic E-state index is 13.1. The summed E-state index contributed by atoms with van der Waals surface area (Å²) in [5, 5.41) is 0. The van der Waals surface area contributed by atoms with Crippen LogP contribution in [-0.2, 0) is 10.0 Å². The Morgan fingerprint density at radius 3 is 2.12 bits per heavy atom. The van der Waals surface area contributed by atoms with Gasteiger partial charge in [0.25, 0.3) is 0 Å². The molecule has 96 valence electrons. The van der Waals surface area contributed by atoms with E-state index in [4.69, 9.17) is 23.2 Å². The molecule has 0 radical (unpaired) electrons. The van der Waals surface area contributed by atoms with Crippen molar-refractivity contribution < 1.29 is 16.1 Å². The molecule has 1 aromatic rings. The zero-order valence-corrected chi connectivity index (χ0v) is 12.2. The predicted octanol–water partition coefficient (Wildman–Crippen LogP) is 3.16. The second-order valence-electron chi connectivity index (χ2n) is 3.58. The molecule has 0 aromatic heterocycles. The third-order valence-corrected chi connectivity index (χ3v) is 5.84. The highest BCUT2D eigenvalue weighted by molar-refractivity contribution is 8.05. The van der Waals surface area contributed by atoms with E-state index in [9.17, 15) is 12.8 Å². The van der Waals surface area contributed by atoms with Crippen molar-refractivity contribution in [1.82, 2.24) is 0 Å². The number of hydrogen-bond donors (Lipinski definition) is 0. The molecule has 0 spiro atoms. The van der Waals surface area contributed by atoms with E-state index in [1.165, 1.54) is 26.2 Å². The summed E-state index contributed by atoms with van der Waals surface area (Å²) in [5.74, 6) is 0. The molecular weight excluding hydrogens is 308 g/mol. The van der Waals surface area contributed by atoms with Gasteiger partial charge in [0.15, 0.2) is 11.9 Å². The summed E-state index contributed by atoms with van der Waals surface area (Å²) >= 11 is 10.7. The Morgan fingerprint density at radius 1 is 1.24 bits per heavy atom. The quantitative estimate of drug-likeness (QED) is 0.486. The highest BCUT2D eigenvalue weighted by Crippen LogP contribution is 2.44. The minimum atomic E-state index is -3.78. The first kappa shape index (κ1) is 15.0. The molecule has 0 aliphatic heterocycles. The first-order valence-electron chi connectivity index (χ1n) is 4.48. The Balaban J connectivity index is 3.15. The molecule has 0 heterocycles. The highest BCUT2D eigenvalue weighted by atomic mass is 35.5. The molecular formula is C9H11Cl2FNO2S2+. The summed E-state index contributed by atoms with van der Waals surface area (Å²) < 4.78 is 34.1. The van der Waals surface area contributed by atoms with Crippen molar-refractivity contribution >= 4 is 45.2 Å². The van der Waals surface area contributed by atoms with Gasteiger partial charge in [-0.25, -0.2) is 0 Å². The first-order chi connectivity index (χ1) is 7.56. The lowest BCUT2D eigenvalue weighted by Crippen LogP contribution is -2.40. The van der Waals surface area contributed by atoms with Gasteiger partial charge in [0.05, 0.1) is 14.1 Å². The molecule has 0 unspecified atom stereocenters. The van der Waals surface area contributed by atoms with Crippen LogP contribution >= 0.6 is 35.1 Å². The van der Waals surface area contributed by atoms with Gasteiger partial charge in [-0.05, 0) is 35.3 Å². The first-order valence-corrected chi connectivity index (χ1v) is 7.45. The average Bonchev–Trinajstić information content (AvgIpc) is 2.15. The van der Waals surface area contributed by atoms with Gasteiger partial charge in [-0.2, -0.15) is 16.1 Å². The van der Waals surface area contributed by atoms with E-state index in [0.717, 1.165) is 0 Å².